The summed E-state index contributed by atoms with van der Waals surface area (Å²) in [7, 11) is 0. The van der Waals surface area contributed by atoms with E-state index >= 15 is 0 Å². The highest BCUT2D eigenvalue weighted by Gasteiger charge is 2.50. The van der Waals surface area contributed by atoms with Crippen LogP contribution in [-0.4, -0.2) is 39.5 Å². The van der Waals surface area contributed by atoms with Crippen LogP contribution in [0.4, 0.5) is 0 Å². The molecule has 2 bridgehead atoms. The van der Waals surface area contributed by atoms with Crippen LogP contribution in [0, 0.1) is 17.8 Å². The second kappa shape index (κ2) is 3.84. The number of allylic oxidation sites excluding steroid dienone is 2. The summed E-state index contributed by atoms with van der Waals surface area (Å²) in [6, 6.07) is 0. The summed E-state index contributed by atoms with van der Waals surface area (Å²) in [5.74, 6) is -0.868. The van der Waals surface area contributed by atoms with Gasteiger partial charge in [-0.3, -0.25) is 4.79 Å². The van der Waals surface area contributed by atoms with Gasteiger partial charge in [0.25, 0.3) is 0 Å². The Morgan fingerprint density at radius 1 is 1.50 bits per heavy atom. The first-order valence-electron chi connectivity index (χ1n) is 5.48. The van der Waals surface area contributed by atoms with Gasteiger partial charge in [-0.1, -0.05) is 12.2 Å². The second-order valence-corrected chi connectivity index (χ2v) is 4.89. The molecule has 0 aromatic carbocycles. The van der Waals surface area contributed by atoms with E-state index in [1.54, 1.807) is 0 Å². The van der Waals surface area contributed by atoms with E-state index < -0.39 is 24.2 Å². The third kappa shape index (κ3) is 1.55. The molecule has 5 nitrogen and oxygen atoms in total. The third-order valence-electron chi connectivity index (χ3n) is 3.92. The zero-order chi connectivity index (χ0) is 11.9. The Kier molecular flexibility index (Phi) is 2.77. The van der Waals surface area contributed by atoms with Gasteiger partial charge in [0.15, 0.2) is 5.54 Å². The molecule has 5 N–H and O–H groups in total. The Bertz CT molecular complexity index is 330. The molecule has 0 spiro atoms. The van der Waals surface area contributed by atoms with Crippen LogP contribution in [0.5, 0.6) is 0 Å². The molecule has 5 atom stereocenters. The van der Waals surface area contributed by atoms with Crippen molar-refractivity contribution in [2.45, 2.75) is 24.5 Å². The van der Waals surface area contributed by atoms with E-state index in [2.05, 4.69) is 6.08 Å². The predicted molar refractivity (Wildman–Crippen MR) is 56.5 cm³/mol. The standard InChI is InChI=1S/C11H17NO4/c12-11(5-13,10(15)16)9(14)8-4-6-1-2-7(8)3-6/h1-2,6-9,13-14H,3-5,12H2,(H,15,16)/t6?,7?,8?,9?,11-/m0/s1. The Morgan fingerprint density at radius 2 is 2.19 bits per heavy atom. The number of nitrogens with two attached hydrogens (primary N) is 1. The smallest absolute Gasteiger partial charge is 0.328 e. The van der Waals surface area contributed by atoms with E-state index in [4.69, 9.17) is 15.9 Å². The fraction of sp³-hybridized carbons (Fsp3) is 0.727. The monoisotopic (exact) mass is 227 g/mol. The van der Waals surface area contributed by atoms with Crippen LogP contribution >= 0.6 is 0 Å². The van der Waals surface area contributed by atoms with Gasteiger partial charge in [0.05, 0.1) is 12.7 Å². The first kappa shape index (κ1) is 11.6. The maximum absolute atomic E-state index is 11.0. The Hall–Kier alpha value is -0.910. The normalized spacial score (nSPS) is 37.3. The van der Waals surface area contributed by atoms with E-state index in [0.717, 1.165) is 12.8 Å². The highest BCUT2D eigenvalue weighted by Crippen LogP contribution is 2.46. The molecule has 0 aromatic heterocycles. The molecule has 5 heteroatoms. The maximum atomic E-state index is 11.0. The van der Waals surface area contributed by atoms with Gasteiger partial charge in [0.1, 0.15) is 0 Å². The average Bonchev–Trinajstić information content (AvgIpc) is 2.88. The summed E-state index contributed by atoms with van der Waals surface area (Å²) in [5.41, 5.74) is 3.63. The molecule has 4 unspecified atom stereocenters. The molecule has 0 aromatic rings. The number of carbonyl (C=O) groups is 1. The fourth-order valence-corrected chi connectivity index (χ4v) is 2.86. The molecule has 2 rings (SSSR count). The van der Waals surface area contributed by atoms with Crippen molar-refractivity contribution < 1.29 is 20.1 Å². The number of aliphatic hydroxyl groups excluding tert-OH is 2. The highest BCUT2D eigenvalue weighted by atomic mass is 16.4. The number of carboxylic acids is 1. The Morgan fingerprint density at radius 3 is 2.56 bits per heavy atom. The van der Waals surface area contributed by atoms with Crippen molar-refractivity contribution in [1.82, 2.24) is 0 Å². The molecule has 2 aliphatic carbocycles. The summed E-state index contributed by atoms with van der Waals surface area (Å²) in [5, 5.41) is 28.1. The molecule has 1 saturated carbocycles. The van der Waals surface area contributed by atoms with Crippen LogP contribution in [0.15, 0.2) is 12.2 Å². The Labute approximate surface area is 93.6 Å². The first-order chi connectivity index (χ1) is 7.49. The number of fused-ring (bicyclic) bond motifs is 2. The van der Waals surface area contributed by atoms with Crippen molar-refractivity contribution in [2.24, 2.45) is 23.5 Å². The minimum absolute atomic E-state index is 0.150. The van der Waals surface area contributed by atoms with Crippen LogP contribution in [0.1, 0.15) is 12.8 Å². The molecule has 0 heterocycles. The highest BCUT2D eigenvalue weighted by molar-refractivity contribution is 5.79. The number of hydrogen-bond donors (Lipinski definition) is 4. The van der Waals surface area contributed by atoms with Crippen molar-refractivity contribution in [3.63, 3.8) is 0 Å². The first-order valence-corrected chi connectivity index (χ1v) is 5.48. The van der Waals surface area contributed by atoms with Crippen LogP contribution in [0.3, 0.4) is 0 Å². The minimum atomic E-state index is -1.94. The molecule has 2 aliphatic rings. The SMILES string of the molecule is N[C@](CO)(C(=O)O)C(O)C1CC2C=CC1C2. The maximum Gasteiger partial charge on any atom is 0.328 e. The van der Waals surface area contributed by atoms with Crippen molar-refractivity contribution in [3.8, 4) is 0 Å². The van der Waals surface area contributed by atoms with Gasteiger partial charge in [-0.05, 0) is 30.6 Å². The predicted octanol–water partition coefficient (Wildman–Crippen LogP) is -0.666. The topological polar surface area (TPSA) is 104 Å². The number of carboxylic acid groups (broad SMARTS) is 1. The third-order valence-corrected chi connectivity index (χ3v) is 3.92. The lowest BCUT2D eigenvalue weighted by molar-refractivity contribution is -0.152. The Balaban J connectivity index is 2.15. The van der Waals surface area contributed by atoms with Gasteiger partial charge in [0.2, 0.25) is 0 Å². The van der Waals surface area contributed by atoms with Gasteiger partial charge in [-0.25, -0.2) is 0 Å². The summed E-state index contributed by atoms with van der Waals surface area (Å²) in [6.45, 7) is -0.749. The van der Waals surface area contributed by atoms with Crippen LogP contribution in [0.25, 0.3) is 0 Å². The van der Waals surface area contributed by atoms with Gasteiger partial charge in [-0.15, -0.1) is 0 Å². The summed E-state index contributed by atoms with van der Waals surface area (Å²) < 4.78 is 0. The van der Waals surface area contributed by atoms with Crippen LogP contribution in [-0.2, 0) is 4.79 Å². The average molecular weight is 227 g/mol. The van der Waals surface area contributed by atoms with Crippen molar-refractivity contribution in [1.29, 1.82) is 0 Å². The quantitative estimate of drug-likeness (QED) is 0.477. The van der Waals surface area contributed by atoms with Crippen molar-refractivity contribution in [2.75, 3.05) is 6.61 Å². The number of aliphatic hydroxyl groups is 2. The largest absolute Gasteiger partial charge is 0.480 e. The molecule has 16 heavy (non-hydrogen) atoms. The zero-order valence-corrected chi connectivity index (χ0v) is 8.91. The fourth-order valence-electron chi connectivity index (χ4n) is 2.86. The van der Waals surface area contributed by atoms with Gasteiger partial charge in [0, 0.05) is 0 Å². The van der Waals surface area contributed by atoms with Gasteiger partial charge < -0.3 is 21.1 Å². The van der Waals surface area contributed by atoms with Crippen LogP contribution < -0.4 is 5.73 Å². The van der Waals surface area contributed by atoms with Crippen molar-refractivity contribution >= 4 is 5.97 Å². The molecule has 0 aliphatic heterocycles. The lowest BCUT2D eigenvalue weighted by Crippen LogP contribution is -2.62. The molecule has 0 amide bonds. The second-order valence-electron chi connectivity index (χ2n) is 4.89. The van der Waals surface area contributed by atoms with E-state index in [1.165, 1.54) is 0 Å². The van der Waals surface area contributed by atoms with E-state index in [0.29, 0.717) is 5.92 Å². The summed E-state index contributed by atoms with van der Waals surface area (Å²) in [6.07, 6.45) is 4.64. The summed E-state index contributed by atoms with van der Waals surface area (Å²) in [4.78, 5) is 11.0. The molecular formula is C11H17NO4. The molecule has 0 saturated heterocycles. The molecule has 1 fully saturated rings. The number of aliphatic carboxylic acids is 1. The van der Waals surface area contributed by atoms with E-state index in [9.17, 15) is 9.90 Å². The summed E-state index contributed by atoms with van der Waals surface area (Å²) >= 11 is 0. The lowest BCUT2D eigenvalue weighted by atomic mass is 9.78. The molecule has 90 valence electrons. The number of hydrogen-bond acceptors (Lipinski definition) is 4. The van der Waals surface area contributed by atoms with Gasteiger partial charge >= 0.3 is 5.97 Å². The van der Waals surface area contributed by atoms with Crippen molar-refractivity contribution in [3.05, 3.63) is 12.2 Å². The lowest BCUT2D eigenvalue weighted by Gasteiger charge is -2.34. The van der Waals surface area contributed by atoms with E-state index in [1.807, 2.05) is 6.08 Å². The molecule has 0 radical (unpaired) electrons. The van der Waals surface area contributed by atoms with E-state index in [-0.39, 0.29) is 11.8 Å². The number of rotatable bonds is 4. The van der Waals surface area contributed by atoms with Gasteiger partial charge in [-0.2, -0.15) is 0 Å². The zero-order valence-electron chi connectivity index (χ0n) is 8.91. The minimum Gasteiger partial charge on any atom is -0.480 e. The molecular weight excluding hydrogens is 210 g/mol. The van der Waals surface area contributed by atoms with Crippen LogP contribution in [0.2, 0.25) is 0 Å².